The van der Waals surface area contributed by atoms with Gasteiger partial charge in [0.1, 0.15) is 12.4 Å². The maximum atomic E-state index is 11.0. The Morgan fingerprint density at radius 2 is 1.60 bits per heavy atom. The smallest absolute Gasteiger partial charge is 0.404 e. The zero-order valence-electron chi connectivity index (χ0n) is 14.0. The van der Waals surface area contributed by atoms with Crippen LogP contribution in [0.25, 0.3) is 0 Å². The fourth-order valence-electron chi connectivity index (χ4n) is 2.29. The van der Waals surface area contributed by atoms with E-state index in [2.05, 4.69) is 42.5 Å². The highest BCUT2D eigenvalue weighted by Gasteiger charge is 2.20. The molecule has 0 aliphatic rings. The highest BCUT2D eigenvalue weighted by molar-refractivity contribution is 9.11. The zero-order chi connectivity index (χ0) is 19.0. The molecule has 0 saturated heterocycles. The number of hydrogen-bond donors (Lipinski definition) is 4. The molecule has 9 heteroatoms. The Hall–Kier alpha value is -1.48. The molecule has 0 aliphatic carbocycles. The zero-order valence-corrected chi connectivity index (χ0v) is 17.1. The summed E-state index contributed by atoms with van der Waals surface area (Å²) in [5.74, 6) is 0.700. The molecular formula is C16H22Br2N2O5. The van der Waals surface area contributed by atoms with Crippen LogP contribution in [0.15, 0.2) is 27.1 Å². The van der Waals surface area contributed by atoms with E-state index < -0.39 is 18.2 Å². The first-order valence-electron chi connectivity index (χ1n) is 7.75. The Labute approximate surface area is 163 Å². The number of rotatable bonds is 9. The van der Waals surface area contributed by atoms with Crippen molar-refractivity contribution in [3.63, 3.8) is 0 Å². The molecule has 4 N–H and O–H groups in total. The van der Waals surface area contributed by atoms with Crippen LogP contribution in [-0.4, -0.2) is 41.1 Å². The van der Waals surface area contributed by atoms with Crippen LogP contribution in [0.1, 0.15) is 26.7 Å². The van der Waals surface area contributed by atoms with Crippen LogP contribution in [0.5, 0.6) is 5.75 Å². The van der Waals surface area contributed by atoms with Crippen molar-refractivity contribution < 1.29 is 24.5 Å². The first kappa shape index (κ1) is 21.6. The van der Waals surface area contributed by atoms with Crippen molar-refractivity contribution in [3.8, 4) is 5.75 Å². The van der Waals surface area contributed by atoms with Gasteiger partial charge >= 0.3 is 12.2 Å². The van der Waals surface area contributed by atoms with E-state index >= 15 is 0 Å². The second-order valence-electron chi connectivity index (χ2n) is 5.94. The second-order valence-corrected chi connectivity index (χ2v) is 7.77. The van der Waals surface area contributed by atoms with Gasteiger partial charge in [0.2, 0.25) is 0 Å². The van der Waals surface area contributed by atoms with Crippen LogP contribution in [0.2, 0.25) is 0 Å². The molecule has 0 bridgehead atoms. The lowest BCUT2D eigenvalue weighted by Gasteiger charge is -2.24. The van der Waals surface area contributed by atoms with E-state index in [0.717, 1.165) is 8.95 Å². The summed E-state index contributed by atoms with van der Waals surface area (Å²) in [6, 6.07) is 4.73. The Balaban J connectivity index is 2.66. The molecule has 0 fully saturated rings. The Bertz CT molecular complexity index is 578. The summed E-state index contributed by atoms with van der Waals surface area (Å²) in [6.45, 7) is 3.97. The molecule has 0 spiro atoms. The lowest BCUT2D eigenvalue weighted by molar-refractivity contribution is 0.172. The molecule has 1 aromatic carbocycles. The van der Waals surface area contributed by atoms with Gasteiger partial charge < -0.3 is 25.6 Å². The summed E-state index contributed by atoms with van der Waals surface area (Å²) >= 11 is 6.73. The van der Waals surface area contributed by atoms with Gasteiger partial charge in [-0.05, 0) is 37.0 Å². The highest BCUT2D eigenvalue weighted by atomic mass is 79.9. The molecule has 0 heterocycles. The van der Waals surface area contributed by atoms with Gasteiger partial charge in [0.05, 0.1) is 6.04 Å². The number of hydrogen-bond acceptors (Lipinski definition) is 3. The molecule has 1 aromatic rings. The number of carboxylic acid groups (broad SMARTS) is 2. The van der Waals surface area contributed by atoms with E-state index in [0.29, 0.717) is 18.6 Å². The lowest BCUT2D eigenvalue weighted by atomic mass is 9.97. The van der Waals surface area contributed by atoms with Crippen molar-refractivity contribution >= 4 is 44.0 Å². The molecule has 0 radical (unpaired) electrons. The SMILES string of the molecule is CC(C)C(CC[C@@H](COc1cc(Br)cc(Br)c1)NC(=O)O)NC(=O)O. The first-order valence-corrected chi connectivity index (χ1v) is 9.33. The van der Waals surface area contributed by atoms with Crippen molar-refractivity contribution in [3.05, 3.63) is 27.1 Å². The van der Waals surface area contributed by atoms with Gasteiger partial charge in [0.15, 0.2) is 0 Å². The van der Waals surface area contributed by atoms with Crippen molar-refractivity contribution in [1.29, 1.82) is 0 Å². The number of carbonyl (C=O) groups is 2. The third-order valence-electron chi connectivity index (χ3n) is 3.55. The van der Waals surface area contributed by atoms with Crippen LogP contribution in [0.4, 0.5) is 9.59 Å². The van der Waals surface area contributed by atoms with Crippen LogP contribution in [0, 0.1) is 5.92 Å². The van der Waals surface area contributed by atoms with Crippen molar-refractivity contribution in [2.24, 2.45) is 5.92 Å². The summed E-state index contributed by atoms with van der Waals surface area (Å²) in [7, 11) is 0. The second kappa shape index (κ2) is 10.5. The monoisotopic (exact) mass is 480 g/mol. The molecule has 0 aromatic heterocycles. The fraction of sp³-hybridized carbons (Fsp3) is 0.500. The molecule has 7 nitrogen and oxygen atoms in total. The van der Waals surface area contributed by atoms with Gasteiger partial charge in [-0.25, -0.2) is 9.59 Å². The number of amides is 2. The molecule has 0 saturated carbocycles. The fourth-order valence-corrected chi connectivity index (χ4v) is 3.54. The largest absolute Gasteiger partial charge is 0.491 e. The quantitative estimate of drug-likeness (QED) is 0.420. The topological polar surface area (TPSA) is 108 Å². The van der Waals surface area contributed by atoms with E-state index in [1.54, 1.807) is 12.1 Å². The molecule has 1 rings (SSSR count). The van der Waals surface area contributed by atoms with Gasteiger partial charge in [-0.1, -0.05) is 45.7 Å². The highest BCUT2D eigenvalue weighted by Crippen LogP contribution is 2.25. The minimum absolute atomic E-state index is 0.100. The van der Waals surface area contributed by atoms with Gasteiger partial charge in [-0.15, -0.1) is 0 Å². The van der Waals surface area contributed by atoms with Crippen molar-refractivity contribution in [2.75, 3.05) is 6.61 Å². The molecular weight excluding hydrogens is 460 g/mol. The molecule has 0 aliphatic heterocycles. The molecule has 2 amide bonds. The molecule has 1 unspecified atom stereocenters. The third-order valence-corrected chi connectivity index (χ3v) is 4.47. The summed E-state index contributed by atoms with van der Waals surface area (Å²) in [5, 5.41) is 22.8. The Kier molecular flexibility index (Phi) is 9.05. The average Bonchev–Trinajstić information content (AvgIpc) is 2.46. The number of halogens is 2. The average molecular weight is 482 g/mol. The summed E-state index contributed by atoms with van der Waals surface area (Å²) in [6.07, 6.45) is -1.28. The normalized spacial score (nSPS) is 13.2. The Morgan fingerprint density at radius 3 is 2.08 bits per heavy atom. The molecule has 140 valence electrons. The number of benzene rings is 1. The minimum Gasteiger partial charge on any atom is -0.491 e. The van der Waals surface area contributed by atoms with Crippen LogP contribution in [-0.2, 0) is 0 Å². The van der Waals surface area contributed by atoms with Gasteiger partial charge in [0.25, 0.3) is 0 Å². The van der Waals surface area contributed by atoms with Crippen LogP contribution < -0.4 is 15.4 Å². The lowest BCUT2D eigenvalue weighted by Crippen LogP contribution is -2.42. The maximum absolute atomic E-state index is 11.0. The van der Waals surface area contributed by atoms with Crippen LogP contribution in [0.3, 0.4) is 0 Å². The number of nitrogens with one attached hydrogen (secondary N) is 2. The predicted octanol–water partition coefficient (Wildman–Crippen LogP) is 4.30. The van der Waals surface area contributed by atoms with Crippen molar-refractivity contribution in [1.82, 2.24) is 10.6 Å². The van der Waals surface area contributed by atoms with Crippen LogP contribution >= 0.6 is 31.9 Å². The molecule has 2 atom stereocenters. The maximum Gasteiger partial charge on any atom is 0.404 e. The summed E-state index contributed by atoms with van der Waals surface area (Å²) < 4.78 is 7.36. The summed E-state index contributed by atoms with van der Waals surface area (Å²) in [4.78, 5) is 21.9. The van der Waals surface area contributed by atoms with Crippen molar-refractivity contribution in [2.45, 2.75) is 38.8 Å². The minimum atomic E-state index is -1.14. The predicted molar refractivity (Wildman–Crippen MR) is 101 cm³/mol. The van der Waals surface area contributed by atoms with E-state index in [4.69, 9.17) is 14.9 Å². The van der Waals surface area contributed by atoms with E-state index in [-0.39, 0.29) is 18.6 Å². The van der Waals surface area contributed by atoms with E-state index in [1.165, 1.54) is 0 Å². The van der Waals surface area contributed by atoms with Gasteiger partial charge in [-0.3, -0.25) is 0 Å². The first-order chi connectivity index (χ1) is 11.7. The number of ether oxygens (including phenoxy) is 1. The standard InChI is InChI=1S/C16H22Br2N2O5/c1-9(2)14(20-16(23)24)4-3-12(19-15(21)22)8-25-13-6-10(17)5-11(18)7-13/h5-7,9,12,14,19-20H,3-4,8H2,1-2H3,(H,21,22)(H,23,24)/t12-,14?/m0/s1. The van der Waals surface area contributed by atoms with Gasteiger partial charge in [-0.2, -0.15) is 0 Å². The van der Waals surface area contributed by atoms with E-state index in [9.17, 15) is 9.59 Å². The third kappa shape index (κ3) is 8.97. The molecule has 25 heavy (non-hydrogen) atoms. The summed E-state index contributed by atoms with van der Waals surface area (Å²) in [5.41, 5.74) is 0. The van der Waals surface area contributed by atoms with E-state index in [1.807, 2.05) is 19.9 Å². The Morgan fingerprint density at radius 1 is 1.04 bits per heavy atom. The van der Waals surface area contributed by atoms with Gasteiger partial charge in [0, 0.05) is 15.0 Å².